The summed E-state index contributed by atoms with van der Waals surface area (Å²) in [6, 6.07) is 5.41. The molecule has 1 saturated heterocycles. The van der Waals surface area contributed by atoms with Crippen LogP contribution in [0.3, 0.4) is 0 Å². The molecule has 3 rings (SSSR count). The molecule has 1 N–H and O–H groups in total. The number of thioether (sulfide) groups is 1. The predicted octanol–water partition coefficient (Wildman–Crippen LogP) is 4.25. The molecule has 2 aromatic rings. The van der Waals surface area contributed by atoms with E-state index in [2.05, 4.69) is 15.5 Å². The Morgan fingerprint density at radius 3 is 2.87 bits per heavy atom. The molecule has 1 aliphatic rings. The Labute approximate surface area is 151 Å². The number of anilines is 1. The van der Waals surface area contributed by atoms with Gasteiger partial charge in [-0.3, -0.25) is 10.1 Å². The molecule has 1 aromatic carbocycles. The van der Waals surface area contributed by atoms with Crippen molar-refractivity contribution in [2.24, 2.45) is 0 Å². The number of carbonyl (C=O) groups is 1. The number of amides is 1. The molecular formula is C14H13Cl2N3O2S2. The second-order valence-electron chi connectivity index (χ2n) is 4.85. The molecule has 9 heteroatoms. The minimum atomic E-state index is -0.378. The molecule has 1 aromatic heterocycles. The molecule has 23 heavy (non-hydrogen) atoms. The number of hydrogen-bond donors (Lipinski definition) is 1. The van der Waals surface area contributed by atoms with Crippen molar-refractivity contribution in [1.82, 2.24) is 10.2 Å². The number of ether oxygens (including phenoxy) is 1. The summed E-state index contributed by atoms with van der Waals surface area (Å²) in [7, 11) is 0. The van der Waals surface area contributed by atoms with E-state index in [1.807, 2.05) is 6.07 Å². The molecule has 1 atom stereocenters. The molecule has 0 unspecified atom stereocenters. The first-order valence-corrected chi connectivity index (χ1v) is 9.51. The van der Waals surface area contributed by atoms with Crippen LogP contribution < -0.4 is 5.32 Å². The van der Waals surface area contributed by atoms with Gasteiger partial charge >= 0.3 is 0 Å². The van der Waals surface area contributed by atoms with E-state index in [-0.39, 0.29) is 12.0 Å². The Morgan fingerprint density at radius 1 is 1.39 bits per heavy atom. The van der Waals surface area contributed by atoms with E-state index in [4.69, 9.17) is 27.9 Å². The Hall–Kier alpha value is -0.860. The van der Waals surface area contributed by atoms with Crippen LogP contribution >= 0.6 is 46.3 Å². The van der Waals surface area contributed by atoms with Gasteiger partial charge in [-0.2, -0.15) is 0 Å². The van der Waals surface area contributed by atoms with Crippen LogP contribution in [0.1, 0.15) is 18.4 Å². The smallest absolute Gasteiger partial charge is 0.255 e. The van der Waals surface area contributed by atoms with Gasteiger partial charge in [0.15, 0.2) is 4.34 Å². The van der Waals surface area contributed by atoms with E-state index >= 15 is 0 Å². The number of halogens is 2. The Kier molecular flexibility index (Phi) is 5.76. The average Bonchev–Trinajstić information content (AvgIpc) is 3.18. The van der Waals surface area contributed by atoms with Gasteiger partial charge in [0.25, 0.3) is 5.91 Å². The fraction of sp³-hybridized carbons (Fsp3) is 0.357. The van der Waals surface area contributed by atoms with Gasteiger partial charge in [0.1, 0.15) is 6.10 Å². The summed E-state index contributed by atoms with van der Waals surface area (Å²) < 4.78 is 6.07. The third-order valence-electron chi connectivity index (χ3n) is 3.26. The molecule has 5 nitrogen and oxygen atoms in total. The highest BCUT2D eigenvalue weighted by Crippen LogP contribution is 2.33. The molecule has 0 spiro atoms. The van der Waals surface area contributed by atoms with Crippen molar-refractivity contribution >= 4 is 57.3 Å². The molecule has 0 bridgehead atoms. The lowest BCUT2D eigenvalue weighted by Gasteiger charge is -2.07. The summed E-state index contributed by atoms with van der Waals surface area (Å²) in [6.45, 7) is 0.633. The zero-order valence-electron chi connectivity index (χ0n) is 11.9. The maximum atomic E-state index is 12.0. The third kappa shape index (κ3) is 4.36. The number of carbonyl (C=O) groups excluding carboxylic acids is 1. The van der Waals surface area contributed by atoms with Gasteiger partial charge in [0, 0.05) is 22.4 Å². The number of hydrogen-bond acceptors (Lipinski definition) is 6. The van der Waals surface area contributed by atoms with Crippen molar-refractivity contribution in [3.8, 4) is 0 Å². The fourth-order valence-corrected chi connectivity index (χ4v) is 4.59. The molecule has 1 aliphatic heterocycles. The molecular weight excluding hydrogens is 377 g/mol. The summed E-state index contributed by atoms with van der Waals surface area (Å²) in [6.07, 6.45) is 1.28. The van der Waals surface area contributed by atoms with Crippen molar-refractivity contribution in [1.29, 1.82) is 0 Å². The lowest BCUT2D eigenvalue weighted by Crippen LogP contribution is -2.26. The van der Waals surface area contributed by atoms with Crippen molar-refractivity contribution in [2.45, 2.75) is 29.0 Å². The van der Waals surface area contributed by atoms with Crippen LogP contribution in [0, 0.1) is 0 Å². The highest BCUT2D eigenvalue weighted by Gasteiger charge is 2.24. The van der Waals surface area contributed by atoms with Crippen LogP contribution in [0.5, 0.6) is 0 Å². The van der Waals surface area contributed by atoms with Crippen LogP contribution in [0.2, 0.25) is 10.0 Å². The van der Waals surface area contributed by atoms with E-state index in [1.54, 1.807) is 12.1 Å². The summed E-state index contributed by atoms with van der Waals surface area (Å²) in [4.78, 5) is 12.0. The van der Waals surface area contributed by atoms with Gasteiger partial charge in [-0.05, 0) is 30.5 Å². The van der Waals surface area contributed by atoms with Gasteiger partial charge < -0.3 is 4.74 Å². The largest absolute Gasteiger partial charge is 0.368 e. The lowest BCUT2D eigenvalue weighted by atomic mass is 10.2. The number of rotatable bonds is 5. The first-order valence-electron chi connectivity index (χ1n) is 6.95. The number of benzene rings is 1. The second-order valence-corrected chi connectivity index (χ2v) is 7.87. The summed E-state index contributed by atoms with van der Waals surface area (Å²) in [5.74, 6) is 0.427. The van der Waals surface area contributed by atoms with Crippen molar-refractivity contribution in [3.63, 3.8) is 0 Å². The normalized spacial score (nSPS) is 17.4. The maximum absolute atomic E-state index is 12.0. The van der Waals surface area contributed by atoms with Crippen LogP contribution in [0.15, 0.2) is 22.5 Å². The van der Waals surface area contributed by atoms with Gasteiger partial charge in [-0.25, -0.2) is 0 Å². The van der Waals surface area contributed by atoms with E-state index in [1.165, 1.54) is 23.1 Å². The number of aromatic nitrogens is 2. The van der Waals surface area contributed by atoms with Crippen LogP contribution in [-0.4, -0.2) is 28.8 Å². The maximum Gasteiger partial charge on any atom is 0.255 e. The summed E-state index contributed by atoms with van der Waals surface area (Å²) >= 11 is 15.1. The Bertz CT molecular complexity index is 685. The van der Waals surface area contributed by atoms with Gasteiger partial charge in [-0.1, -0.05) is 52.4 Å². The minimum absolute atomic E-state index is 0.163. The standard InChI is InChI=1S/C14H13Cl2N3O2S2/c15-9-3-1-4-10(16)8(9)7-22-14-19-18-13(23-14)17-12(20)11-5-2-6-21-11/h1,3-4,11H,2,5-7H2,(H,17,18,20)/t11-/m0/s1. The van der Waals surface area contributed by atoms with Crippen molar-refractivity contribution in [3.05, 3.63) is 33.8 Å². The first-order chi connectivity index (χ1) is 11.1. The fourth-order valence-electron chi connectivity index (χ4n) is 2.09. The van der Waals surface area contributed by atoms with Crippen LogP contribution in [-0.2, 0) is 15.3 Å². The Morgan fingerprint density at radius 2 is 2.17 bits per heavy atom. The molecule has 1 fully saturated rings. The highest BCUT2D eigenvalue weighted by atomic mass is 35.5. The lowest BCUT2D eigenvalue weighted by molar-refractivity contribution is -0.124. The topological polar surface area (TPSA) is 64.1 Å². The van der Waals surface area contributed by atoms with E-state index in [9.17, 15) is 4.79 Å². The first kappa shape index (κ1) is 17.0. The van der Waals surface area contributed by atoms with Gasteiger partial charge in [-0.15, -0.1) is 10.2 Å². The monoisotopic (exact) mass is 389 g/mol. The summed E-state index contributed by atoms with van der Waals surface area (Å²) in [5.41, 5.74) is 0.862. The number of nitrogens with one attached hydrogen (secondary N) is 1. The van der Waals surface area contributed by atoms with E-state index in [0.717, 1.165) is 22.7 Å². The molecule has 2 heterocycles. The second kappa shape index (κ2) is 7.81. The SMILES string of the molecule is O=C(Nc1nnc(SCc2c(Cl)cccc2Cl)s1)[C@@H]1CCCO1. The quantitative estimate of drug-likeness (QED) is 0.611. The van der Waals surface area contributed by atoms with E-state index < -0.39 is 0 Å². The molecule has 0 saturated carbocycles. The molecule has 1 amide bonds. The number of nitrogens with zero attached hydrogens (tertiary/aromatic N) is 2. The predicted molar refractivity (Wildman–Crippen MR) is 93.5 cm³/mol. The molecule has 0 aliphatic carbocycles. The highest BCUT2D eigenvalue weighted by molar-refractivity contribution is 8.00. The molecule has 122 valence electrons. The van der Waals surface area contributed by atoms with Crippen molar-refractivity contribution in [2.75, 3.05) is 11.9 Å². The van der Waals surface area contributed by atoms with Crippen molar-refractivity contribution < 1.29 is 9.53 Å². The minimum Gasteiger partial charge on any atom is -0.368 e. The van der Waals surface area contributed by atoms with Crippen LogP contribution in [0.25, 0.3) is 0 Å². The zero-order valence-corrected chi connectivity index (χ0v) is 15.1. The van der Waals surface area contributed by atoms with Gasteiger partial charge in [0.2, 0.25) is 5.13 Å². The summed E-state index contributed by atoms with van der Waals surface area (Å²) in [5, 5.41) is 12.5. The molecule has 0 radical (unpaired) electrons. The van der Waals surface area contributed by atoms with E-state index in [0.29, 0.717) is 27.5 Å². The third-order valence-corrected chi connectivity index (χ3v) is 5.97. The Balaban J connectivity index is 1.58. The van der Waals surface area contributed by atoms with Crippen LogP contribution in [0.4, 0.5) is 5.13 Å². The zero-order chi connectivity index (χ0) is 16.2. The average molecular weight is 390 g/mol. The van der Waals surface area contributed by atoms with Gasteiger partial charge in [0.05, 0.1) is 0 Å².